The number of rotatable bonds is 4. The van der Waals surface area contributed by atoms with Crippen LogP contribution in [0.3, 0.4) is 0 Å². The molecule has 19 heavy (non-hydrogen) atoms. The van der Waals surface area contributed by atoms with Crippen molar-refractivity contribution in [3.63, 3.8) is 0 Å². The molecule has 1 unspecified atom stereocenters. The second-order valence-corrected chi connectivity index (χ2v) is 6.30. The van der Waals surface area contributed by atoms with Crippen molar-refractivity contribution in [2.24, 2.45) is 0 Å². The molecule has 1 aromatic heterocycles. The molecule has 0 saturated heterocycles. The second kappa shape index (κ2) is 5.85. The van der Waals surface area contributed by atoms with Crippen molar-refractivity contribution in [1.29, 1.82) is 0 Å². The third-order valence-corrected chi connectivity index (χ3v) is 5.06. The molecular weight excluding hydrogens is 318 g/mol. The van der Waals surface area contributed by atoms with E-state index >= 15 is 0 Å². The van der Waals surface area contributed by atoms with E-state index in [1.54, 1.807) is 11.3 Å². The number of halogens is 1. The molecule has 0 saturated carbocycles. The highest BCUT2D eigenvalue weighted by Crippen LogP contribution is 2.28. The van der Waals surface area contributed by atoms with E-state index < -0.39 is 0 Å². The molecule has 0 fully saturated rings. The summed E-state index contributed by atoms with van der Waals surface area (Å²) in [6.07, 6.45) is 0.995. The topological polar surface area (TPSA) is 12.9 Å². The van der Waals surface area contributed by atoms with Crippen LogP contribution in [0.4, 0.5) is 0 Å². The summed E-state index contributed by atoms with van der Waals surface area (Å²) in [6.45, 7) is 0. The molecule has 96 valence electrons. The van der Waals surface area contributed by atoms with Crippen LogP contribution < -0.4 is 0 Å². The molecule has 1 nitrogen and oxygen atoms in total. The van der Waals surface area contributed by atoms with E-state index in [1.807, 2.05) is 6.07 Å². The molecule has 0 radical (unpaired) electrons. The van der Waals surface area contributed by atoms with Crippen LogP contribution in [0.1, 0.15) is 16.5 Å². The van der Waals surface area contributed by atoms with Gasteiger partial charge in [-0.25, -0.2) is 4.98 Å². The SMILES string of the molecule is BrCC(Cc1nc2ccccc2s1)c1ccccc1. The van der Waals surface area contributed by atoms with Gasteiger partial charge in [0.2, 0.25) is 0 Å². The van der Waals surface area contributed by atoms with E-state index in [0.29, 0.717) is 5.92 Å². The number of alkyl halides is 1. The van der Waals surface area contributed by atoms with E-state index in [9.17, 15) is 0 Å². The molecule has 1 atom stereocenters. The minimum Gasteiger partial charge on any atom is -0.241 e. The Morgan fingerprint density at radius 1 is 1.00 bits per heavy atom. The predicted octanol–water partition coefficient (Wildman–Crippen LogP) is 5.02. The lowest BCUT2D eigenvalue weighted by Gasteiger charge is -2.12. The van der Waals surface area contributed by atoms with E-state index in [0.717, 1.165) is 17.3 Å². The Kier molecular flexibility index (Phi) is 3.95. The number of para-hydroxylation sites is 1. The van der Waals surface area contributed by atoms with Gasteiger partial charge in [-0.05, 0) is 23.6 Å². The molecule has 0 N–H and O–H groups in total. The van der Waals surface area contributed by atoms with Gasteiger partial charge in [-0.1, -0.05) is 58.4 Å². The summed E-state index contributed by atoms with van der Waals surface area (Å²) in [5, 5.41) is 2.18. The number of nitrogens with zero attached hydrogens (tertiary/aromatic N) is 1. The van der Waals surface area contributed by atoms with E-state index in [4.69, 9.17) is 4.98 Å². The standard InChI is InChI=1S/C16H14BrNS/c17-11-13(12-6-2-1-3-7-12)10-16-18-14-8-4-5-9-15(14)19-16/h1-9,13H,10-11H2. The lowest BCUT2D eigenvalue weighted by molar-refractivity contribution is 0.772. The Morgan fingerprint density at radius 2 is 1.74 bits per heavy atom. The average molecular weight is 332 g/mol. The molecular formula is C16H14BrNS. The number of hydrogen-bond acceptors (Lipinski definition) is 2. The molecule has 0 aliphatic rings. The zero-order valence-corrected chi connectivity index (χ0v) is 12.8. The largest absolute Gasteiger partial charge is 0.241 e. The molecule has 0 aliphatic carbocycles. The maximum atomic E-state index is 4.72. The van der Waals surface area contributed by atoms with Crippen molar-refractivity contribution < 1.29 is 0 Å². The summed E-state index contributed by atoms with van der Waals surface area (Å²) in [6, 6.07) is 19.0. The minimum atomic E-state index is 0.488. The van der Waals surface area contributed by atoms with Crippen molar-refractivity contribution in [2.75, 3.05) is 5.33 Å². The van der Waals surface area contributed by atoms with E-state index in [1.165, 1.54) is 15.3 Å². The van der Waals surface area contributed by atoms with Gasteiger partial charge in [0.15, 0.2) is 0 Å². The van der Waals surface area contributed by atoms with Crippen LogP contribution in [0.15, 0.2) is 54.6 Å². The van der Waals surface area contributed by atoms with Crippen LogP contribution in [0, 0.1) is 0 Å². The summed E-state index contributed by atoms with van der Waals surface area (Å²) >= 11 is 5.43. The maximum Gasteiger partial charge on any atom is 0.0945 e. The Bertz CT molecular complexity index is 630. The lowest BCUT2D eigenvalue weighted by Crippen LogP contribution is -2.03. The average Bonchev–Trinajstić information content (AvgIpc) is 2.88. The first-order chi connectivity index (χ1) is 9.36. The number of thiazole rings is 1. The van der Waals surface area contributed by atoms with Gasteiger partial charge in [0.05, 0.1) is 15.2 Å². The van der Waals surface area contributed by atoms with Gasteiger partial charge in [-0.2, -0.15) is 0 Å². The monoisotopic (exact) mass is 331 g/mol. The summed E-state index contributed by atoms with van der Waals surface area (Å²) in [7, 11) is 0. The van der Waals surface area contributed by atoms with E-state index in [2.05, 4.69) is 64.5 Å². The number of fused-ring (bicyclic) bond motifs is 1. The highest BCUT2D eigenvalue weighted by Gasteiger charge is 2.13. The molecule has 2 aromatic carbocycles. The maximum absolute atomic E-state index is 4.72. The smallest absolute Gasteiger partial charge is 0.0945 e. The molecule has 0 bridgehead atoms. The van der Waals surface area contributed by atoms with Gasteiger partial charge >= 0.3 is 0 Å². The lowest BCUT2D eigenvalue weighted by atomic mass is 9.98. The zero-order valence-electron chi connectivity index (χ0n) is 10.4. The van der Waals surface area contributed by atoms with Crippen LogP contribution in [0.2, 0.25) is 0 Å². The fraction of sp³-hybridized carbons (Fsp3) is 0.188. The van der Waals surface area contributed by atoms with Gasteiger partial charge in [0, 0.05) is 11.8 Å². The highest BCUT2D eigenvalue weighted by molar-refractivity contribution is 9.09. The van der Waals surface area contributed by atoms with Crippen LogP contribution in [-0.2, 0) is 6.42 Å². The molecule has 3 aromatic rings. The summed E-state index contributed by atoms with van der Waals surface area (Å²) < 4.78 is 1.28. The zero-order chi connectivity index (χ0) is 13.1. The third-order valence-electron chi connectivity index (χ3n) is 3.22. The number of hydrogen-bond donors (Lipinski definition) is 0. The third kappa shape index (κ3) is 2.88. The molecule has 0 aliphatic heterocycles. The van der Waals surface area contributed by atoms with Gasteiger partial charge < -0.3 is 0 Å². The molecule has 0 amide bonds. The summed E-state index contributed by atoms with van der Waals surface area (Å²) in [5.41, 5.74) is 2.49. The van der Waals surface area contributed by atoms with Crippen molar-refractivity contribution >= 4 is 37.5 Å². The summed E-state index contributed by atoms with van der Waals surface area (Å²) in [5.74, 6) is 0.488. The van der Waals surface area contributed by atoms with Crippen molar-refractivity contribution in [3.05, 3.63) is 65.2 Å². The van der Waals surface area contributed by atoms with Gasteiger partial charge in [-0.3, -0.25) is 0 Å². The Labute approximate surface area is 125 Å². The normalized spacial score (nSPS) is 12.7. The first-order valence-corrected chi connectivity index (χ1v) is 8.26. The minimum absolute atomic E-state index is 0.488. The fourth-order valence-electron chi connectivity index (χ4n) is 2.20. The molecule has 3 rings (SSSR count). The van der Waals surface area contributed by atoms with Gasteiger partial charge in [0.25, 0.3) is 0 Å². The van der Waals surface area contributed by atoms with Crippen LogP contribution in [0.5, 0.6) is 0 Å². The van der Waals surface area contributed by atoms with Crippen molar-refractivity contribution in [1.82, 2.24) is 4.98 Å². The van der Waals surface area contributed by atoms with Gasteiger partial charge in [-0.15, -0.1) is 11.3 Å². The molecule has 0 spiro atoms. The quantitative estimate of drug-likeness (QED) is 0.612. The number of aromatic nitrogens is 1. The Morgan fingerprint density at radius 3 is 2.47 bits per heavy atom. The number of benzene rings is 2. The predicted molar refractivity (Wildman–Crippen MR) is 86.3 cm³/mol. The van der Waals surface area contributed by atoms with Crippen LogP contribution in [-0.4, -0.2) is 10.3 Å². The Balaban J connectivity index is 1.86. The highest BCUT2D eigenvalue weighted by atomic mass is 79.9. The summed E-state index contributed by atoms with van der Waals surface area (Å²) in [4.78, 5) is 4.72. The molecule has 1 heterocycles. The Hall–Kier alpha value is -1.19. The van der Waals surface area contributed by atoms with Gasteiger partial charge in [0.1, 0.15) is 0 Å². The van der Waals surface area contributed by atoms with Crippen LogP contribution >= 0.6 is 27.3 Å². The first kappa shape index (κ1) is 12.8. The van der Waals surface area contributed by atoms with Crippen molar-refractivity contribution in [3.8, 4) is 0 Å². The van der Waals surface area contributed by atoms with Crippen LogP contribution in [0.25, 0.3) is 10.2 Å². The molecule has 3 heteroatoms. The fourth-order valence-corrected chi connectivity index (χ4v) is 3.85. The van der Waals surface area contributed by atoms with Crippen molar-refractivity contribution in [2.45, 2.75) is 12.3 Å². The second-order valence-electron chi connectivity index (χ2n) is 4.54. The first-order valence-electron chi connectivity index (χ1n) is 6.32. The van der Waals surface area contributed by atoms with E-state index in [-0.39, 0.29) is 0 Å².